The fourth-order valence-electron chi connectivity index (χ4n) is 1.80. The lowest BCUT2D eigenvalue weighted by atomic mass is 10.2. The van der Waals surface area contributed by atoms with Gasteiger partial charge in [0.15, 0.2) is 6.10 Å². The van der Waals surface area contributed by atoms with Crippen LogP contribution in [-0.4, -0.2) is 28.8 Å². The van der Waals surface area contributed by atoms with Crippen molar-refractivity contribution >= 4 is 58.0 Å². The summed E-state index contributed by atoms with van der Waals surface area (Å²) in [4.78, 5) is 24.8. The molecule has 0 aromatic heterocycles. The van der Waals surface area contributed by atoms with Gasteiger partial charge < -0.3 is 15.0 Å². The van der Waals surface area contributed by atoms with Crippen LogP contribution in [0.1, 0.15) is 6.92 Å². The van der Waals surface area contributed by atoms with Crippen molar-refractivity contribution in [3.63, 3.8) is 0 Å². The number of fused-ring (bicyclic) bond motifs is 1. The zero-order chi connectivity index (χ0) is 15.1. The van der Waals surface area contributed by atoms with Crippen LogP contribution in [0.15, 0.2) is 18.2 Å². The third-order valence-electron chi connectivity index (χ3n) is 2.82. The molecule has 20 heavy (non-hydrogen) atoms. The Kier molecular flexibility index (Phi) is 4.04. The molecule has 1 aromatic carbocycles. The van der Waals surface area contributed by atoms with Gasteiger partial charge in [-0.25, -0.2) is 0 Å². The molecular weight excluding hydrogens is 327 g/mol. The van der Waals surface area contributed by atoms with E-state index in [1.165, 1.54) is 4.90 Å². The Hall–Kier alpha value is -1.17. The van der Waals surface area contributed by atoms with Crippen LogP contribution in [-0.2, 0) is 9.59 Å². The molecule has 108 valence electrons. The van der Waals surface area contributed by atoms with E-state index in [9.17, 15) is 9.59 Å². The third-order valence-corrected chi connectivity index (χ3v) is 3.33. The molecule has 1 aromatic rings. The lowest BCUT2D eigenvalue weighted by molar-refractivity contribution is -0.125. The number of carbonyl (C=O) groups is 2. The van der Waals surface area contributed by atoms with Crippen molar-refractivity contribution in [1.82, 2.24) is 0 Å². The molecule has 0 saturated heterocycles. The molecule has 0 saturated carbocycles. The number of carbonyl (C=O) groups excluding carboxylic acids is 2. The van der Waals surface area contributed by atoms with Crippen LogP contribution < -0.4 is 15.0 Å². The summed E-state index contributed by atoms with van der Waals surface area (Å²) in [6.45, 7) is 1.65. The van der Waals surface area contributed by atoms with Crippen molar-refractivity contribution in [2.24, 2.45) is 0 Å². The van der Waals surface area contributed by atoms with E-state index in [1.54, 1.807) is 32.2 Å². The Labute approximate surface area is 130 Å². The normalized spacial score (nSPS) is 18.4. The summed E-state index contributed by atoms with van der Waals surface area (Å²) in [5.41, 5.74) is 1.02. The van der Waals surface area contributed by atoms with Crippen LogP contribution in [0.2, 0.25) is 0 Å². The summed E-state index contributed by atoms with van der Waals surface area (Å²) in [7, 11) is 1.65. The van der Waals surface area contributed by atoms with Crippen LogP contribution in [0.4, 0.5) is 11.4 Å². The molecule has 2 rings (SSSR count). The number of benzene rings is 1. The molecule has 8 heteroatoms. The summed E-state index contributed by atoms with van der Waals surface area (Å²) in [5, 5.41) is 2.45. The van der Waals surface area contributed by atoms with E-state index in [0.717, 1.165) is 0 Å². The van der Waals surface area contributed by atoms with Crippen LogP contribution in [0.25, 0.3) is 0 Å². The quantitative estimate of drug-likeness (QED) is 0.802. The summed E-state index contributed by atoms with van der Waals surface area (Å²) in [6, 6.07) is 4.81. The molecule has 0 fully saturated rings. The smallest absolute Gasteiger partial charge is 0.276 e. The predicted molar refractivity (Wildman–Crippen MR) is 78.9 cm³/mol. The number of rotatable bonds is 1. The van der Waals surface area contributed by atoms with Crippen LogP contribution in [0, 0.1) is 0 Å². The molecule has 1 heterocycles. The molecule has 1 aliphatic rings. The fourth-order valence-corrected chi connectivity index (χ4v) is 1.94. The van der Waals surface area contributed by atoms with Crippen molar-refractivity contribution in [2.45, 2.75) is 16.8 Å². The van der Waals surface area contributed by atoms with E-state index < -0.39 is 15.8 Å². The zero-order valence-electron chi connectivity index (χ0n) is 10.6. The SMILES string of the molecule is CC1Oc2cc(NC(=O)C(Cl)(Cl)Cl)ccc2N(C)C1=O. The second-order valence-electron chi connectivity index (χ2n) is 4.29. The van der Waals surface area contributed by atoms with E-state index in [2.05, 4.69) is 5.32 Å². The Morgan fingerprint density at radius 3 is 2.65 bits per heavy atom. The van der Waals surface area contributed by atoms with Gasteiger partial charge in [0.05, 0.1) is 5.69 Å². The molecular formula is C12H11Cl3N2O3. The van der Waals surface area contributed by atoms with Gasteiger partial charge in [-0.1, -0.05) is 34.8 Å². The van der Waals surface area contributed by atoms with E-state index in [-0.39, 0.29) is 5.91 Å². The number of alkyl halides is 3. The van der Waals surface area contributed by atoms with Crippen LogP contribution >= 0.6 is 34.8 Å². The van der Waals surface area contributed by atoms with Gasteiger partial charge in [0.25, 0.3) is 15.6 Å². The summed E-state index contributed by atoms with van der Waals surface area (Å²) in [6.07, 6.45) is -0.591. The summed E-state index contributed by atoms with van der Waals surface area (Å²) in [5.74, 6) is -0.437. The number of hydrogen-bond acceptors (Lipinski definition) is 3. The zero-order valence-corrected chi connectivity index (χ0v) is 12.9. The molecule has 0 aliphatic carbocycles. The molecule has 1 aliphatic heterocycles. The maximum Gasteiger partial charge on any atom is 0.276 e. The first-order valence-corrected chi connectivity index (χ1v) is 6.80. The van der Waals surface area contributed by atoms with Gasteiger partial charge in [-0.3, -0.25) is 9.59 Å². The maximum absolute atomic E-state index is 11.8. The number of anilines is 2. The number of nitrogens with zero attached hydrogens (tertiary/aromatic N) is 1. The van der Waals surface area contributed by atoms with Gasteiger partial charge in [-0.05, 0) is 19.1 Å². The van der Waals surface area contributed by atoms with Crippen LogP contribution in [0.5, 0.6) is 5.75 Å². The van der Waals surface area contributed by atoms with E-state index >= 15 is 0 Å². The second kappa shape index (κ2) is 5.31. The molecule has 0 spiro atoms. The van der Waals surface area contributed by atoms with E-state index in [0.29, 0.717) is 17.1 Å². The van der Waals surface area contributed by atoms with Crippen molar-refractivity contribution in [3.05, 3.63) is 18.2 Å². The maximum atomic E-state index is 11.8. The van der Waals surface area contributed by atoms with E-state index in [4.69, 9.17) is 39.5 Å². The van der Waals surface area contributed by atoms with Gasteiger partial charge in [-0.2, -0.15) is 0 Å². The van der Waals surface area contributed by atoms with Crippen molar-refractivity contribution in [1.29, 1.82) is 0 Å². The first kappa shape index (κ1) is 15.2. The number of amides is 2. The van der Waals surface area contributed by atoms with Crippen molar-refractivity contribution in [3.8, 4) is 5.75 Å². The topological polar surface area (TPSA) is 58.6 Å². The lowest BCUT2D eigenvalue weighted by Gasteiger charge is -2.30. The molecule has 0 bridgehead atoms. The Morgan fingerprint density at radius 1 is 1.40 bits per heavy atom. The molecule has 1 unspecified atom stereocenters. The lowest BCUT2D eigenvalue weighted by Crippen LogP contribution is -2.42. The van der Waals surface area contributed by atoms with Crippen molar-refractivity contribution in [2.75, 3.05) is 17.3 Å². The highest BCUT2D eigenvalue weighted by atomic mass is 35.6. The molecule has 1 N–H and O–H groups in total. The van der Waals surface area contributed by atoms with E-state index in [1.807, 2.05) is 0 Å². The standard InChI is InChI=1S/C12H11Cl3N2O3/c1-6-10(18)17(2)8-4-3-7(5-9(8)20-6)16-11(19)12(13,14)15/h3-6H,1-2H3,(H,16,19). The molecule has 2 amide bonds. The first-order valence-electron chi connectivity index (χ1n) is 5.66. The minimum atomic E-state index is -2.04. The Bertz CT molecular complexity index is 572. The van der Waals surface area contributed by atoms with Gasteiger partial charge in [0.2, 0.25) is 0 Å². The monoisotopic (exact) mass is 336 g/mol. The summed E-state index contributed by atoms with van der Waals surface area (Å²) < 4.78 is 3.44. The number of ether oxygens (including phenoxy) is 1. The average Bonchev–Trinajstić information content (AvgIpc) is 2.35. The first-order chi connectivity index (χ1) is 9.20. The summed E-state index contributed by atoms with van der Waals surface area (Å²) >= 11 is 16.4. The van der Waals surface area contributed by atoms with Gasteiger partial charge in [0.1, 0.15) is 5.75 Å². The number of halogens is 3. The minimum absolute atomic E-state index is 0.143. The highest BCUT2D eigenvalue weighted by molar-refractivity contribution is 6.76. The van der Waals surface area contributed by atoms with Crippen LogP contribution in [0.3, 0.4) is 0 Å². The predicted octanol–water partition coefficient (Wildman–Crippen LogP) is 2.74. The van der Waals surface area contributed by atoms with Crippen molar-refractivity contribution < 1.29 is 14.3 Å². The number of nitrogens with one attached hydrogen (secondary N) is 1. The largest absolute Gasteiger partial charge is 0.479 e. The van der Waals surface area contributed by atoms with Gasteiger partial charge in [-0.15, -0.1) is 0 Å². The Morgan fingerprint density at radius 2 is 2.05 bits per heavy atom. The molecule has 0 radical (unpaired) electrons. The third kappa shape index (κ3) is 2.95. The highest BCUT2D eigenvalue weighted by Gasteiger charge is 2.32. The Balaban J connectivity index is 2.27. The second-order valence-corrected chi connectivity index (χ2v) is 6.57. The average molecular weight is 338 g/mol. The number of hydrogen-bond donors (Lipinski definition) is 1. The van der Waals surface area contributed by atoms with Gasteiger partial charge in [0, 0.05) is 18.8 Å². The highest BCUT2D eigenvalue weighted by Crippen LogP contribution is 2.36. The minimum Gasteiger partial charge on any atom is -0.479 e. The number of likely N-dealkylation sites (N-methyl/N-ethyl adjacent to an activating group) is 1. The fraction of sp³-hybridized carbons (Fsp3) is 0.333. The molecule has 5 nitrogen and oxygen atoms in total. The van der Waals surface area contributed by atoms with Gasteiger partial charge >= 0.3 is 0 Å². The molecule has 1 atom stereocenters.